The van der Waals surface area contributed by atoms with Gasteiger partial charge in [-0.15, -0.1) is 0 Å². The van der Waals surface area contributed by atoms with Crippen molar-refractivity contribution in [3.05, 3.63) is 35.9 Å². The van der Waals surface area contributed by atoms with Crippen molar-refractivity contribution in [3.63, 3.8) is 0 Å². The van der Waals surface area contributed by atoms with Gasteiger partial charge >= 0.3 is 0 Å². The van der Waals surface area contributed by atoms with Crippen LogP contribution in [0.15, 0.2) is 30.3 Å². The average molecular weight is 236 g/mol. The van der Waals surface area contributed by atoms with Gasteiger partial charge in [-0.1, -0.05) is 30.3 Å². The summed E-state index contributed by atoms with van der Waals surface area (Å²) in [4.78, 5) is 0. The topological polar surface area (TPSA) is 21.8 Å². The molecule has 86 valence electrons. The molecule has 0 N–H and O–H groups in total. The molecule has 1 aromatic rings. The van der Waals surface area contributed by atoms with Gasteiger partial charge in [-0.3, -0.25) is 0 Å². The fraction of sp³-hybridized carbons (Fsp3) is 0.538. The van der Waals surface area contributed by atoms with Crippen molar-refractivity contribution in [2.45, 2.75) is 23.9 Å². The van der Waals surface area contributed by atoms with Crippen LogP contribution < -0.4 is 0 Å². The number of epoxide rings is 1. The van der Waals surface area contributed by atoms with Crippen molar-refractivity contribution < 1.29 is 9.47 Å². The zero-order valence-corrected chi connectivity index (χ0v) is 10.2. The van der Waals surface area contributed by atoms with E-state index in [1.165, 1.54) is 11.3 Å². The lowest BCUT2D eigenvalue weighted by atomic mass is 10.1. The van der Waals surface area contributed by atoms with Crippen LogP contribution in [0, 0.1) is 0 Å². The maximum atomic E-state index is 5.69. The Morgan fingerprint density at radius 2 is 2.19 bits per heavy atom. The Morgan fingerprint density at radius 3 is 2.88 bits per heavy atom. The van der Waals surface area contributed by atoms with Gasteiger partial charge in [-0.05, 0) is 12.5 Å². The molecule has 16 heavy (non-hydrogen) atoms. The summed E-state index contributed by atoms with van der Waals surface area (Å²) < 4.78 is 11.7. The van der Waals surface area contributed by atoms with Crippen molar-refractivity contribution in [2.75, 3.05) is 19.0 Å². The van der Waals surface area contributed by atoms with Crippen LogP contribution in [0.25, 0.3) is 0 Å². The van der Waals surface area contributed by atoms with Crippen molar-refractivity contribution in [1.29, 1.82) is 0 Å². The highest BCUT2D eigenvalue weighted by molar-refractivity contribution is 8.07. The van der Waals surface area contributed by atoms with Gasteiger partial charge in [0.15, 0.2) is 0 Å². The van der Waals surface area contributed by atoms with Crippen molar-refractivity contribution in [2.24, 2.45) is 0 Å². The summed E-state index contributed by atoms with van der Waals surface area (Å²) in [6.07, 6.45) is 0.538. The Balaban J connectivity index is 1.43. The minimum absolute atomic E-state index is 0.265. The summed E-state index contributed by atoms with van der Waals surface area (Å²) >= 11 is 1.97. The molecule has 2 aliphatic rings. The lowest BCUT2D eigenvalue weighted by molar-refractivity contribution is 0.109. The van der Waals surface area contributed by atoms with Gasteiger partial charge in [0.05, 0.1) is 13.2 Å². The van der Waals surface area contributed by atoms with Crippen molar-refractivity contribution in [3.8, 4) is 0 Å². The first kappa shape index (κ1) is 10.6. The summed E-state index contributed by atoms with van der Waals surface area (Å²) in [7, 11) is 0. The predicted octanol–water partition coefficient (Wildman–Crippen LogP) is 2.65. The molecule has 1 aromatic carbocycles. The van der Waals surface area contributed by atoms with E-state index in [4.69, 9.17) is 9.47 Å². The number of thioether (sulfide) groups is 1. The molecule has 3 unspecified atom stereocenters. The lowest BCUT2D eigenvalue weighted by Gasteiger charge is -2.05. The van der Waals surface area contributed by atoms with E-state index in [1.807, 2.05) is 17.8 Å². The first-order valence-corrected chi connectivity index (χ1v) is 6.68. The molecule has 0 saturated carbocycles. The number of benzene rings is 1. The largest absolute Gasteiger partial charge is 0.377 e. The second-order valence-corrected chi connectivity index (χ2v) is 6.32. The van der Waals surface area contributed by atoms with E-state index in [2.05, 4.69) is 31.2 Å². The zero-order valence-electron chi connectivity index (χ0n) is 9.39. The molecule has 0 radical (unpaired) electrons. The predicted molar refractivity (Wildman–Crippen MR) is 65.7 cm³/mol. The Labute approximate surface area is 100 Å². The molecule has 0 spiro atoms. The molecule has 2 nitrogen and oxygen atoms in total. The van der Waals surface area contributed by atoms with Crippen molar-refractivity contribution in [1.82, 2.24) is 0 Å². The monoisotopic (exact) mass is 236 g/mol. The summed E-state index contributed by atoms with van der Waals surface area (Å²) in [6.45, 7) is 3.84. The van der Waals surface area contributed by atoms with Crippen LogP contribution in [0.2, 0.25) is 0 Å². The van der Waals surface area contributed by atoms with Gasteiger partial charge in [-0.2, -0.15) is 11.8 Å². The van der Waals surface area contributed by atoms with Gasteiger partial charge in [0.25, 0.3) is 0 Å². The average Bonchev–Trinajstić information content (AvgIpc) is 3.19. The number of hydrogen-bond acceptors (Lipinski definition) is 3. The highest BCUT2D eigenvalue weighted by atomic mass is 32.2. The summed E-state index contributed by atoms with van der Waals surface area (Å²) in [5, 5.41) is 0. The van der Waals surface area contributed by atoms with Crippen LogP contribution in [-0.2, 0) is 9.47 Å². The number of ether oxygens (including phenoxy) is 2. The summed E-state index contributed by atoms with van der Waals surface area (Å²) in [6, 6.07) is 10.4. The molecule has 3 atom stereocenters. The number of hydrogen-bond donors (Lipinski definition) is 0. The van der Waals surface area contributed by atoms with Crippen LogP contribution in [0.1, 0.15) is 18.6 Å². The first-order chi connectivity index (χ1) is 7.77. The van der Waals surface area contributed by atoms with E-state index >= 15 is 0 Å². The third kappa shape index (κ3) is 2.42. The van der Waals surface area contributed by atoms with Crippen LogP contribution in [0.5, 0.6) is 0 Å². The van der Waals surface area contributed by atoms with E-state index in [1.54, 1.807) is 0 Å². The molecular formula is C13H16O2S. The molecule has 2 heterocycles. The van der Waals surface area contributed by atoms with Crippen LogP contribution in [0.4, 0.5) is 0 Å². The van der Waals surface area contributed by atoms with E-state index in [-0.39, 0.29) is 12.2 Å². The highest BCUT2D eigenvalue weighted by Gasteiger charge is 2.42. The Morgan fingerprint density at radius 1 is 1.44 bits per heavy atom. The van der Waals surface area contributed by atoms with Gasteiger partial charge in [0.2, 0.25) is 0 Å². The minimum Gasteiger partial charge on any atom is -0.377 e. The summed E-state index contributed by atoms with van der Waals surface area (Å²) in [5.74, 6) is 1.24. The molecule has 0 aromatic heterocycles. The van der Waals surface area contributed by atoms with Crippen molar-refractivity contribution >= 4 is 11.8 Å². The molecule has 2 fully saturated rings. The Bertz CT molecular complexity index is 361. The summed E-state index contributed by atoms with van der Waals surface area (Å²) in [5.41, 5.74) is 1.27. The van der Waals surface area contributed by atoms with E-state index in [0.717, 1.165) is 13.2 Å². The van der Waals surface area contributed by atoms with Crippen LogP contribution in [0.3, 0.4) is 0 Å². The fourth-order valence-corrected chi connectivity index (χ4v) is 2.30. The maximum Gasteiger partial charge on any atom is 0.112 e. The normalized spacial score (nSPS) is 36.1. The molecule has 0 aliphatic carbocycles. The van der Waals surface area contributed by atoms with E-state index < -0.39 is 0 Å². The molecular weight excluding hydrogens is 220 g/mol. The van der Waals surface area contributed by atoms with Gasteiger partial charge < -0.3 is 9.47 Å². The van der Waals surface area contributed by atoms with Crippen LogP contribution >= 0.6 is 11.8 Å². The molecule has 2 saturated heterocycles. The van der Waals surface area contributed by atoms with Crippen LogP contribution in [-0.4, -0.2) is 29.8 Å². The van der Waals surface area contributed by atoms with Gasteiger partial charge in [0.1, 0.15) is 12.2 Å². The maximum absolute atomic E-state index is 5.69. The lowest BCUT2D eigenvalue weighted by Crippen LogP contribution is -2.15. The van der Waals surface area contributed by atoms with Gasteiger partial charge in [0, 0.05) is 10.5 Å². The number of rotatable bonds is 5. The molecule has 0 amide bonds. The molecule has 0 bridgehead atoms. The minimum atomic E-state index is 0.265. The second-order valence-electron chi connectivity index (χ2n) is 4.76. The second kappa shape index (κ2) is 4.06. The SMILES string of the molecule is CC1(COCC2OC2c2ccccc2)CS1. The Kier molecular flexibility index (Phi) is 2.70. The zero-order chi connectivity index (χ0) is 11.0. The highest BCUT2D eigenvalue weighted by Crippen LogP contribution is 2.45. The Hall–Kier alpha value is -0.510. The smallest absolute Gasteiger partial charge is 0.112 e. The van der Waals surface area contributed by atoms with E-state index in [0.29, 0.717) is 4.75 Å². The fourth-order valence-electron chi connectivity index (χ4n) is 1.80. The molecule has 3 rings (SSSR count). The molecule has 3 heteroatoms. The standard InChI is InChI=1S/C13H16O2S/c1-13(9-16-13)8-14-7-11-12(15-11)10-5-3-2-4-6-10/h2-6,11-12H,7-9H2,1H3. The third-order valence-corrected chi connectivity index (χ3v) is 4.43. The third-order valence-electron chi connectivity index (χ3n) is 3.04. The molecule has 2 aliphatic heterocycles. The first-order valence-electron chi connectivity index (χ1n) is 5.69. The quantitative estimate of drug-likeness (QED) is 0.734. The van der Waals surface area contributed by atoms with Gasteiger partial charge in [-0.25, -0.2) is 0 Å². The van der Waals surface area contributed by atoms with E-state index in [9.17, 15) is 0 Å².